The van der Waals surface area contributed by atoms with Gasteiger partial charge in [0.2, 0.25) is 0 Å². The zero-order valence-corrected chi connectivity index (χ0v) is 17.7. The van der Waals surface area contributed by atoms with E-state index in [9.17, 15) is 0 Å². The molecule has 0 bridgehead atoms. The molecule has 2 aromatic rings. The normalized spacial score (nSPS) is 12.7. The molecule has 0 saturated heterocycles. The largest absolute Gasteiger partial charge is 0.494 e. The molecule has 0 radical (unpaired) electrons. The summed E-state index contributed by atoms with van der Waals surface area (Å²) < 4.78 is 15.0. The highest BCUT2D eigenvalue weighted by Crippen LogP contribution is 2.35. The van der Waals surface area contributed by atoms with Gasteiger partial charge in [0, 0.05) is 5.56 Å². The summed E-state index contributed by atoms with van der Waals surface area (Å²) in [6.07, 6.45) is 7.08. The number of benzene rings is 2. The van der Waals surface area contributed by atoms with Crippen LogP contribution in [0.4, 0.5) is 5.69 Å². The number of fused-ring (bicyclic) bond motifs is 1. The van der Waals surface area contributed by atoms with E-state index in [0.717, 1.165) is 66.0 Å². The topological polar surface area (TPSA) is 42.8 Å². The Hall–Kier alpha value is -2.14. The van der Waals surface area contributed by atoms with Gasteiger partial charge in [-0.05, 0) is 67.3 Å². The molecule has 0 unspecified atom stereocenters. The Bertz CT molecular complexity index is 775. The first-order chi connectivity index (χ1) is 13.8. The van der Waals surface area contributed by atoms with Gasteiger partial charge in [0.15, 0.2) is 0 Å². The molecule has 0 aromatic heterocycles. The molecule has 0 amide bonds. The number of aliphatic imine (C=N–C) groups is 1. The lowest BCUT2D eigenvalue weighted by Crippen LogP contribution is -2.19. The van der Waals surface area contributed by atoms with E-state index in [1.165, 1.54) is 19.3 Å². The fraction of sp³-hybridized carbons (Fsp3) is 0.435. The zero-order chi connectivity index (χ0) is 19.6. The maximum Gasteiger partial charge on any atom is 0.144 e. The van der Waals surface area contributed by atoms with Gasteiger partial charge in [0.1, 0.15) is 17.3 Å². The molecule has 0 fully saturated rings. The lowest BCUT2D eigenvalue weighted by Gasteiger charge is -2.18. The highest BCUT2D eigenvalue weighted by atomic mass is 32.2. The molecule has 5 heteroatoms. The molecule has 1 heterocycles. The van der Waals surface area contributed by atoms with Gasteiger partial charge in [0.25, 0.3) is 0 Å². The fourth-order valence-corrected chi connectivity index (χ4v) is 3.65. The van der Waals surface area contributed by atoms with Crippen molar-refractivity contribution in [2.24, 2.45) is 4.99 Å². The van der Waals surface area contributed by atoms with Gasteiger partial charge in [-0.3, -0.25) is 0 Å². The standard InChI is InChI=1S/C23H30N2O2S/c1-3-5-7-8-16-27-20-13-14-21-22(17-20)28-25-23(24-21)18-9-11-19(12-10-18)26-15-6-4-2/h9-14,17H,3-8,15-16H2,1-2H3,(H,24,25). The van der Waals surface area contributed by atoms with Gasteiger partial charge in [-0.15, -0.1) is 0 Å². The van der Waals surface area contributed by atoms with Crippen LogP contribution < -0.4 is 14.2 Å². The quantitative estimate of drug-likeness (QED) is 0.346. The Kier molecular flexibility index (Phi) is 8.09. The van der Waals surface area contributed by atoms with E-state index in [0.29, 0.717) is 0 Å². The average molecular weight is 399 g/mol. The van der Waals surface area contributed by atoms with Gasteiger partial charge < -0.3 is 14.2 Å². The molecular weight excluding hydrogens is 368 g/mol. The number of nitrogens with one attached hydrogen (secondary N) is 1. The van der Waals surface area contributed by atoms with Crippen LogP contribution in [0.15, 0.2) is 52.4 Å². The van der Waals surface area contributed by atoms with Crippen molar-refractivity contribution in [1.29, 1.82) is 0 Å². The number of rotatable bonds is 11. The van der Waals surface area contributed by atoms with Crippen LogP contribution in [0.25, 0.3) is 0 Å². The summed E-state index contributed by atoms with van der Waals surface area (Å²) in [5, 5.41) is 0. The number of hydrogen-bond acceptors (Lipinski definition) is 5. The SMILES string of the molecule is CCCCCCOc1ccc2c(c1)SNC(c1ccc(OCCCC)cc1)=N2. The predicted octanol–water partition coefficient (Wildman–Crippen LogP) is 6.51. The predicted molar refractivity (Wildman–Crippen MR) is 118 cm³/mol. The summed E-state index contributed by atoms with van der Waals surface area (Å²) in [7, 11) is 0. The summed E-state index contributed by atoms with van der Waals surface area (Å²) >= 11 is 1.58. The molecule has 1 N–H and O–H groups in total. The average Bonchev–Trinajstić information content (AvgIpc) is 2.74. The van der Waals surface area contributed by atoms with Gasteiger partial charge in [-0.1, -0.05) is 39.5 Å². The zero-order valence-electron chi connectivity index (χ0n) is 16.9. The number of hydrogen-bond donors (Lipinski definition) is 1. The Morgan fingerprint density at radius 2 is 1.54 bits per heavy atom. The Morgan fingerprint density at radius 1 is 0.821 bits per heavy atom. The van der Waals surface area contributed by atoms with E-state index in [-0.39, 0.29) is 0 Å². The molecule has 3 rings (SSSR count). The van der Waals surface area contributed by atoms with E-state index in [1.54, 1.807) is 11.9 Å². The summed E-state index contributed by atoms with van der Waals surface area (Å²) in [4.78, 5) is 5.86. The monoisotopic (exact) mass is 398 g/mol. The van der Waals surface area contributed by atoms with Gasteiger partial charge in [0.05, 0.1) is 23.8 Å². The van der Waals surface area contributed by atoms with Crippen LogP contribution >= 0.6 is 11.9 Å². The van der Waals surface area contributed by atoms with Gasteiger partial charge >= 0.3 is 0 Å². The summed E-state index contributed by atoms with van der Waals surface area (Å²) in [5.41, 5.74) is 2.03. The summed E-state index contributed by atoms with van der Waals surface area (Å²) in [6, 6.07) is 14.2. The van der Waals surface area contributed by atoms with Crippen LogP contribution in [0.2, 0.25) is 0 Å². The second kappa shape index (κ2) is 11.0. The van der Waals surface area contributed by atoms with E-state index >= 15 is 0 Å². The third-order valence-electron chi connectivity index (χ3n) is 4.58. The number of ether oxygens (including phenoxy) is 2. The highest BCUT2D eigenvalue weighted by Gasteiger charge is 2.15. The minimum absolute atomic E-state index is 0.765. The smallest absolute Gasteiger partial charge is 0.144 e. The first kappa shape index (κ1) is 20.6. The van der Waals surface area contributed by atoms with Crippen molar-refractivity contribution >= 4 is 23.5 Å². The maximum absolute atomic E-state index is 5.88. The van der Waals surface area contributed by atoms with Gasteiger partial charge in [-0.2, -0.15) is 0 Å². The molecule has 1 aliphatic rings. The summed E-state index contributed by atoms with van der Waals surface area (Å²) in [5.74, 6) is 2.69. The first-order valence-corrected chi connectivity index (χ1v) is 11.1. The molecule has 2 aromatic carbocycles. The lowest BCUT2D eigenvalue weighted by atomic mass is 10.2. The van der Waals surface area contributed by atoms with E-state index < -0.39 is 0 Å². The molecule has 150 valence electrons. The van der Waals surface area contributed by atoms with Crippen molar-refractivity contribution in [3.63, 3.8) is 0 Å². The molecule has 28 heavy (non-hydrogen) atoms. The third kappa shape index (κ3) is 5.93. The fourth-order valence-electron chi connectivity index (χ4n) is 2.89. The molecule has 4 nitrogen and oxygen atoms in total. The molecule has 0 aliphatic carbocycles. The van der Waals surface area contributed by atoms with Crippen molar-refractivity contribution in [2.45, 2.75) is 57.3 Å². The molecule has 1 aliphatic heterocycles. The molecular formula is C23H30N2O2S. The summed E-state index contributed by atoms with van der Waals surface area (Å²) in [6.45, 7) is 5.93. The van der Waals surface area contributed by atoms with Crippen LogP contribution in [-0.4, -0.2) is 19.0 Å². The number of nitrogens with zero attached hydrogens (tertiary/aromatic N) is 1. The maximum atomic E-state index is 5.88. The van der Waals surface area contributed by atoms with E-state index in [2.05, 4.69) is 24.6 Å². The Balaban J connectivity index is 1.59. The lowest BCUT2D eigenvalue weighted by molar-refractivity contribution is 0.304. The highest BCUT2D eigenvalue weighted by molar-refractivity contribution is 7.98. The minimum Gasteiger partial charge on any atom is -0.494 e. The minimum atomic E-state index is 0.765. The van der Waals surface area contributed by atoms with Gasteiger partial charge in [-0.25, -0.2) is 4.99 Å². The van der Waals surface area contributed by atoms with Crippen molar-refractivity contribution in [3.05, 3.63) is 48.0 Å². The Labute approximate surface area is 172 Å². The van der Waals surface area contributed by atoms with Crippen LogP contribution in [0.1, 0.15) is 57.9 Å². The molecule has 0 saturated carbocycles. The van der Waals surface area contributed by atoms with Crippen molar-refractivity contribution in [1.82, 2.24) is 4.72 Å². The van der Waals surface area contributed by atoms with Crippen LogP contribution in [0.3, 0.4) is 0 Å². The van der Waals surface area contributed by atoms with Crippen LogP contribution in [-0.2, 0) is 0 Å². The second-order valence-corrected chi connectivity index (χ2v) is 7.78. The van der Waals surface area contributed by atoms with Crippen LogP contribution in [0.5, 0.6) is 11.5 Å². The molecule has 0 spiro atoms. The number of unbranched alkanes of at least 4 members (excludes halogenated alkanes) is 4. The second-order valence-electron chi connectivity index (χ2n) is 6.93. The van der Waals surface area contributed by atoms with E-state index in [4.69, 9.17) is 14.5 Å². The van der Waals surface area contributed by atoms with E-state index in [1.807, 2.05) is 36.4 Å². The molecule has 0 atom stereocenters. The van der Waals surface area contributed by atoms with Crippen LogP contribution in [0, 0.1) is 0 Å². The number of amidine groups is 1. The Morgan fingerprint density at radius 3 is 2.32 bits per heavy atom. The van der Waals surface area contributed by atoms with Crippen molar-refractivity contribution in [3.8, 4) is 11.5 Å². The third-order valence-corrected chi connectivity index (χ3v) is 5.42. The van der Waals surface area contributed by atoms with Crippen molar-refractivity contribution < 1.29 is 9.47 Å². The van der Waals surface area contributed by atoms with Crippen molar-refractivity contribution in [2.75, 3.05) is 13.2 Å². The first-order valence-electron chi connectivity index (χ1n) is 10.3.